The zero-order valence-corrected chi connectivity index (χ0v) is 10.2. The van der Waals surface area contributed by atoms with Gasteiger partial charge in [-0.25, -0.2) is 18.7 Å². The summed E-state index contributed by atoms with van der Waals surface area (Å²) in [5.74, 6) is -1.05. The predicted octanol–water partition coefficient (Wildman–Crippen LogP) is 4.04. The second-order valence-electron chi connectivity index (χ2n) is 3.41. The van der Waals surface area contributed by atoms with Gasteiger partial charge in [0.05, 0.1) is 0 Å². The summed E-state index contributed by atoms with van der Waals surface area (Å²) in [7, 11) is 0. The first-order chi connectivity index (χ1) is 7.99. The fourth-order valence-electron chi connectivity index (χ4n) is 1.31. The highest BCUT2D eigenvalue weighted by Crippen LogP contribution is 2.25. The number of hydrogen-bond acceptors (Lipinski definition) is 2. The third-order valence-electron chi connectivity index (χ3n) is 2.19. The molecule has 0 amide bonds. The Morgan fingerprint density at radius 2 is 1.65 bits per heavy atom. The lowest BCUT2D eigenvalue weighted by Gasteiger charge is -2.04. The maximum absolute atomic E-state index is 13.1. The van der Waals surface area contributed by atoms with Crippen molar-refractivity contribution in [1.82, 2.24) is 9.97 Å². The van der Waals surface area contributed by atoms with Gasteiger partial charge in [-0.2, -0.15) is 0 Å². The van der Waals surface area contributed by atoms with Gasteiger partial charge in [-0.1, -0.05) is 23.2 Å². The van der Waals surface area contributed by atoms with Crippen LogP contribution in [0.1, 0.15) is 5.56 Å². The largest absolute Gasteiger partial charge is 0.213 e. The molecule has 0 aliphatic carbocycles. The summed E-state index contributed by atoms with van der Waals surface area (Å²) in [6.45, 7) is 1.60. The first-order valence-corrected chi connectivity index (χ1v) is 5.39. The number of hydrogen-bond donors (Lipinski definition) is 0. The molecule has 0 unspecified atom stereocenters. The van der Waals surface area contributed by atoms with E-state index in [9.17, 15) is 8.78 Å². The van der Waals surface area contributed by atoms with E-state index in [1.165, 1.54) is 18.2 Å². The molecule has 2 nitrogen and oxygen atoms in total. The van der Waals surface area contributed by atoms with E-state index in [0.717, 1.165) is 0 Å². The average Bonchev–Trinajstić information content (AvgIpc) is 2.29. The normalized spacial score (nSPS) is 10.6. The molecule has 0 aliphatic heterocycles. The highest BCUT2D eigenvalue weighted by atomic mass is 35.5. The Bertz CT molecular complexity index is 565. The van der Waals surface area contributed by atoms with Crippen LogP contribution in [0.15, 0.2) is 18.2 Å². The van der Waals surface area contributed by atoms with Crippen molar-refractivity contribution in [2.24, 2.45) is 0 Å². The molecule has 1 heterocycles. The molecule has 0 fully saturated rings. The van der Waals surface area contributed by atoms with Gasteiger partial charge in [-0.15, -0.1) is 0 Å². The van der Waals surface area contributed by atoms with Crippen molar-refractivity contribution in [1.29, 1.82) is 0 Å². The van der Waals surface area contributed by atoms with Crippen LogP contribution in [0.5, 0.6) is 0 Å². The summed E-state index contributed by atoms with van der Waals surface area (Å²) in [6.07, 6.45) is 0. The number of benzene rings is 1. The maximum Gasteiger partial charge on any atom is 0.197 e. The first kappa shape index (κ1) is 12.2. The Morgan fingerprint density at radius 3 is 2.18 bits per heavy atom. The van der Waals surface area contributed by atoms with E-state index in [1.54, 1.807) is 6.92 Å². The standard InChI is InChI=1S/C11H6Cl2F2N2/c1-5-4-6(2-3-7(5)14)11-16-9(12)8(15)10(13)17-11/h2-4H,1H3. The van der Waals surface area contributed by atoms with Gasteiger partial charge in [0, 0.05) is 5.56 Å². The molecule has 0 spiro atoms. The van der Waals surface area contributed by atoms with Crippen LogP contribution in [0.4, 0.5) is 8.78 Å². The van der Waals surface area contributed by atoms with Crippen molar-refractivity contribution in [3.05, 3.63) is 45.7 Å². The van der Waals surface area contributed by atoms with Crippen LogP contribution in [0, 0.1) is 18.6 Å². The lowest BCUT2D eigenvalue weighted by atomic mass is 10.1. The van der Waals surface area contributed by atoms with Crippen LogP contribution in [-0.2, 0) is 0 Å². The van der Waals surface area contributed by atoms with Gasteiger partial charge in [0.2, 0.25) is 0 Å². The van der Waals surface area contributed by atoms with E-state index in [-0.39, 0.29) is 21.9 Å². The van der Waals surface area contributed by atoms with Gasteiger partial charge in [0.25, 0.3) is 0 Å². The van der Waals surface area contributed by atoms with Gasteiger partial charge in [0.1, 0.15) is 5.82 Å². The molecule has 0 bridgehead atoms. The van der Waals surface area contributed by atoms with Crippen LogP contribution >= 0.6 is 23.2 Å². The second-order valence-corrected chi connectivity index (χ2v) is 4.12. The van der Waals surface area contributed by atoms with E-state index in [2.05, 4.69) is 9.97 Å². The van der Waals surface area contributed by atoms with Crippen LogP contribution in [0.3, 0.4) is 0 Å². The molecule has 0 saturated heterocycles. The van der Waals surface area contributed by atoms with Crippen molar-refractivity contribution >= 4 is 23.2 Å². The Kier molecular flexibility index (Phi) is 3.26. The molecular formula is C11H6Cl2F2N2. The Balaban J connectivity index is 2.57. The zero-order chi connectivity index (χ0) is 12.6. The van der Waals surface area contributed by atoms with Crippen molar-refractivity contribution in [2.45, 2.75) is 6.92 Å². The van der Waals surface area contributed by atoms with Crippen LogP contribution in [-0.4, -0.2) is 9.97 Å². The van der Waals surface area contributed by atoms with Crippen LogP contribution < -0.4 is 0 Å². The van der Waals surface area contributed by atoms with Gasteiger partial charge >= 0.3 is 0 Å². The third-order valence-corrected chi connectivity index (χ3v) is 2.69. The Labute approximate surface area is 106 Å². The van der Waals surface area contributed by atoms with Gasteiger partial charge in [-0.05, 0) is 30.7 Å². The molecule has 0 saturated carbocycles. The van der Waals surface area contributed by atoms with Gasteiger partial charge in [-0.3, -0.25) is 0 Å². The predicted molar refractivity (Wildman–Crippen MR) is 62.1 cm³/mol. The molecule has 0 atom stereocenters. The minimum absolute atomic E-state index is 0.157. The molecular weight excluding hydrogens is 269 g/mol. The number of nitrogens with zero attached hydrogens (tertiary/aromatic N) is 2. The lowest BCUT2D eigenvalue weighted by molar-refractivity contribution is 0.614. The van der Waals surface area contributed by atoms with Crippen LogP contribution in [0.2, 0.25) is 10.3 Å². The molecule has 1 aromatic heterocycles. The van der Waals surface area contributed by atoms with E-state index in [4.69, 9.17) is 23.2 Å². The minimum Gasteiger partial charge on any atom is -0.213 e. The van der Waals surface area contributed by atoms with Crippen molar-refractivity contribution in [3.8, 4) is 11.4 Å². The minimum atomic E-state index is -0.865. The van der Waals surface area contributed by atoms with E-state index in [0.29, 0.717) is 11.1 Å². The zero-order valence-electron chi connectivity index (χ0n) is 8.64. The summed E-state index contributed by atoms with van der Waals surface area (Å²) in [4.78, 5) is 7.49. The number of aromatic nitrogens is 2. The molecule has 0 aliphatic rings. The summed E-state index contributed by atoms with van der Waals surface area (Å²) >= 11 is 11.1. The van der Waals surface area contributed by atoms with E-state index < -0.39 is 5.82 Å². The van der Waals surface area contributed by atoms with Gasteiger partial charge < -0.3 is 0 Å². The second kappa shape index (κ2) is 4.55. The topological polar surface area (TPSA) is 25.8 Å². The van der Waals surface area contributed by atoms with E-state index in [1.807, 2.05) is 0 Å². The first-order valence-electron chi connectivity index (χ1n) is 4.64. The maximum atomic E-state index is 13.1. The summed E-state index contributed by atoms with van der Waals surface area (Å²) < 4.78 is 26.2. The molecule has 0 radical (unpaired) electrons. The van der Waals surface area contributed by atoms with Gasteiger partial charge in [0.15, 0.2) is 21.9 Å². The number of aryl methyl sites for hydroxylation is 1. The van der Waals surface area contributed by atoms with E-state index >= 15 is 0 Å². The highest BCUT2D eigenvalue weighted by molar-refractivity contribution is 6.33. The summed E-state index contributed by atoms with van der Waals surface area (Å²) in [5, 5.41) is -0.719. The summed E-state index contributed by atoms with van der Waals surface area (Å²) in [6, 6.07) is 4.29. The molecule has 2 rings (SSSR count). The smallest absolute Gasteiger partial charge is 0.197 e. The molecule has 1 aromatic carbocycles. The Hall–Kier alpha value is -1.26. The lowest BCUT2D eigenvalue weighted by Crippen LogP contribution is -1.95. The molecule has 0 N–H and O–H groups in total. The van der Waals surface area contributed by atoms with Crippen molar-refractivity contribution in [3.63, 3.8) is 0 Å². The SMILES string of the molecule is Cc1cc(-c2nc(Cl)c(F)c(Cl)n2)ccc1F. The highest BCUT2D eigenvalue weighted by Gasteiger charge is 2.12. The molecule has 88 valence electrons. The monoisotopic (exact) mass is 274 g/mol. The third kappa shape index (κ3) is 2.37. The fourth-order valence-corrected chi connectivity index (χ4v) is 1.69. The van der Waals surface area contributed by atoms with Crippen molar-refractivity contribution in [2.75, 3.05) is 0 Å². The summed E-state index contributed by atoms with van der Waals surface area (Å²) in [5.41, 5.74) is 0.954. The van der Waals surface area contributed by atoms with Crippen molar-refractivity contribution < 1.29 is 8.78 Å². The molecule has 17 heavy (non-hydrogen) atoms. The van der Waals surface area contributed by atoms with Crippen LogP contribution in [0.25, 0.3) is 11.4 Å². The molecule has 6 heteroatoms. The molecule has 2 aromatic rings. The number of halogens is 4. The fraction of sp³-hybridized carbons (Fsp3) is 0.0909. The quantitative estimate of drug-likeness (QED) is 0.734. The number of rotatable bonds is 1. The average molecular weight is 275 g/mol. The Morgan fingerprint density at radius 1 is 1.06 bits per heavy atom.